The number of ether oxygens (including phenoxy) is 1. The molecule has 0 aliphatic heterocycles. The van der Waals surface area contributed by atoms with Gasteiger partial charge in [0.2, 0.25) is 0 Å². The fraction of sp³-hybridized carbons (Fsp3) is 0.786. The van der Waals surface area contributed by atoms with Crippen molar-refractivity contribution < 1.29 is 4.74 Å². The fourth-order valence-corrected chi connectivity index (χ4v) is 3.46. The number of rotatable bonds is 4. The van der Waals surface area contributed by atoms with E-state index in [0.29, 0.717) is 0 Å². The molecule has 1 fully saturated rings. The second-order valence-electron chi connectivity index (χ2n) is 6.31. The Morgan fingerprint density at radius 3 is 2.56 bits per heavy atom. The van der Waals surface area contributed by atoms with Crippen molar-refractivity contribution in [3.05, 3.63) is 16.1 Å². The largest absolute Gasteiger partial charge is 0.377 e. The number of hydrogen-bond donors (Lipinski definition) is 1. The normalized spacial score (nSPS) is 20.5. The van der Waals surface area contributed by atoms with Crippen LogP contribution in [0.1, 0.15) is 50.7 Å². The van der Waals surface area contributed by atoms with Gasteiger partial charge in [0.15, 0.2) is 0 Å². The molecule has 2 N–H and O–H groups in total. The first-order valence-corrected chi connectivity index (χ1v) is 7.51. The van der Waals surface area contributed by atoms with Crippen LogP contribution in [0.4, 0.5) is 0 Å². The van der Waals surface area contributed by atoms with Crippen molar-refractivity contribution in [1.29, 1.82) is 0 Å². The van der Waals surface area contributed by atoms with E-state index in [-0.39, 0.29) is 17.1 Å². The summed E-state index contributed by atoms with van der Waals surface area (Å²) in [5, 5.41) is 3.29. The van der Waals surface area contributed by atoms with Gasteiger partial charge >= 0.3 is 0 Å². The van der Waals surface area contributed by atoms with Crippen LogP contribution in [0.5, 0.6) is 0 Å². The highest BCUT2D eigenvalue weighted by molar-refractivity contribution is 7.09. The summed E-state index contributed by atoms with van der Waals surface area (Å²) in [6.07, 6.45) is 4.23. The molecule has 0 saturated heterocycles. The van der Waals surface area contributed by atoms with E-state index in [0.717, 1.165) is 30.0 Å². The van der Waals surface area contributed by atoms with E-state index in [1.54, 1.807) is 18.4 Å². The van der Waals surface area contributed by atoms with Crippen LogP contribution in [0.3, 0.4) is 0 Å². The molecule has 0 aromatic carbocycles. The van der Waals surface area contributed by atoms with Crippen LogP contribution in [0.2, 0.25) is 0 Å². The highest BCUT2D eigenvalue weighted by Gasteiger charge is 2.42. The Hall–Kier alpha value is -0.450. The van der Waals surface area contributed by atoms with Gasteiger partial charge in [-0.05, 0) is 19.3 Å². The van der Waals surface area contributed by atoms with Crippen molar-refractivity contribution in [3.8, 4) is 0 Å². The Labute approximate surface area is 114 Å². The molecular formula is C14H24N2OS. The zero-order valence-electron chi connectivity index (χ0n) is 11.8. The molecule has 0 amide bonds. The zero-order chi connectivity index (χ0) is 13.4. The minimum atomic E-state index is -0.0897. The Kier molecular flexibility index (Phi) is 3.81. The van der Waals surface area contributed by atoms with Crippen molar-refractivity contribution in [3.63, 3.8) is 0 Å². The third-order valence-electron chi connectivity index (χ3n) is 4.00. The maximum atomic E-state index is 6.32. The molecular weight excluding hydrogens is 244 g/mol. The SMILES string of the molecule is COC1(C(N)Cc2nc(C(C)(C)C)cs2)CCC1. The van der Waals surface area contributed by atoms with E-state index >= 15 is 0 Å². The maximum Gasteiger partial charge on any atom is 0.0945 e. The molecule has 1 saturated carbocycles. The molecule has 1 aromatic heterocycles. The minimum Gasteiger partial charge on any atom is -0.377 e. The van der Waals surface area contributed by atoms with E-state index in [2.05, 4.69) is 26.2 Å². The summed E-state index contributed by atoms with van der Waals surface area (Å²) in [4.78, 5) is 4.71. The van der Waals surface area contributed by atoms with E-state index < -0.39 is 0 Å². The molecule has 0 bridgehead atoms. The smallest absolute Gasteiger partial charge is 0.0945 e. The summed E-state index contributed by atoms with van der Waals surface area (Å²) in [7, 11) is 1.78. The van der Waals surface area contributed by atoms with Gasteiger partial charge in [0.25, 0.3) is 0 Å². The Bertz CT molecular complexity index is 399. The maximum absolute atomic E-state index is 6.32. The average molecular weight is 268 g/mol. The summed E-state index contributed by atoms with van der Waals surface area (Å²) < 4.78 is 5.63. The molecule has 0 spiro atoms. The van der Waals surface area contributed by atoms with E-state index in [9.17, 15) is 0 Å². The monoisotopic (exact) mass is 268 g/mol. The molecule has 0 radical (unpaired) electrons. The molecule has 1 atom stereocenters. The zero-order valence-corrected chi connectivity index (χ0v) is 12.6. The summed E-state index contributed by atoms with van der Waals surface area (Å²) in [6.45, 7) is 6.57. The van der Waals surface area contributed by atoms with Gasteiger partial charge in [-0.15, -0.1) is 11.3 Å². The van der Waals surface area contributed by atoms with Gasteiger partial charge in [0.1, 0.15) is 0 Å². The summed E-state index contributed by atoms with van der Waals surface area (Å²) >= 11 is 1.72. The lowest BCUT2D eigenvalue weighted by atomic mass is 9.74. The van der Waals surface area contributed by atoms with Gasteiger partial charge in [0, 0.05) is 30.4 Å². The lowest BCUT2D eigenvalue weighted by Gasteiger charge is -2.44. The van der Waals surface area contributed by atoms with Crippen LogP contribution >= 0.6 is 11.3 Å². The predicted molar refractivity (Wildman–Crippen MR) is 76.1 cm³/mol. The molecule has 1 aromatic rings. The number of nitrogens with two attached hydrogens (primary N) is 1. The quantitative estimate of drug-likeness (QED) is 0.913. The first-order chi connectivity index (χ1) is 8.37. The van der Waals surface area contributed by atoms with E-state index in [1.165, 1.54) is 6.42 Å². The van der Waals surface area contributed by atoms with Crippen molar-refractivity contribution in [2.45, 2.75) is 63.5 Å². The lowest BCUT2D eigenvalue weighted by Crippen LogP contribution is -2.55. The third-order valence-corrected chi connectivity index (χ3v) is 4.87. The number of nitrogens with zero attached hydrogens (tertiary/aromatic N) is 1. The van der Waals surface area contributed by atoms with Crippen molar-refractivity contribution >= 4 is 11.3 Å². The van der Waals surface area contributed by atoms with Crippen LogP contribution < -0.4 is 5.73 Å². The summed E-state index contributed by atoms with van der Waals surface area (Å²) in [6, 6.07) is 0.0650. The second kappa shape index (κ2) is 4.91. The molecule has 3 nitrogen and oxygen atoms in total. The predicted octanol–water partition coefficient (Wildman–Crippen LogP) is 2.88. The van der Waals surface area contributed by atoms with Crippen molar-refractivity contribution in [1.82, 2.24) is 4.98 Å². The Morgan fingerprint density at radius 1 is 1.50 bits per heavy atom. The van der Waals surface area contributed by atoms with Crippen LogP contribution in [0.15, 0.2) is 5.38 Å². The molecule has 2 rings (SSSR count). The van der Waals surface area contributed by atoms with Crippen LogP contribution in [-0.2, 0) is 16.6 Å². The van der Waals surface area contributed by atoms with Gasteiger partial charge in [-0.3, -0.25) is 0 Å². The third kappa shape index (κ3) is 2.60. The lowest BCUT2D eigenvalue weighted by molar-refractivity contribution is -0.0897. The van der Waals surface area contributed by atoms with Gasteiger partial charge in [-0.2, -0.15) is 0 Å². The van der Waals surface area contributed by atoms with E-state index in [1.807, 2.05) is 0 Å². The molecule has 1 aliphatic carbocycles. The Morgan fingerprint density at radius 2 is 2.17 bits per heavy atom. The highest BCUT2D eigenvalue weighted by atomic mass is 32.1. The molecule has 1 aliphatic rings. The second-order valence-corrected chi connectivity index (χ2v) is 7.25. The van der Waals surface area contributed by atoms with Crippen molar-refractivity contribution in [2.24, 2.45) is 5.73 Å². The molecule has 1 heterocycles. The minimum absolute atomic E-state index is 0.0650. The van der Waals surface area contributed by atoms with Gasteiger partial charge < -0.3 is 10.5 Å². The standard InChI is InChI=1S/C14H24N2OS/c1-13(2,3)11-9-18-12(16-11)8-10(15)14(17-4)6-5-7-14/h9-10H,5-8,15H2,1-4H3. The van der Waals surface area contributed by atoms with Gasteiger partial charge in [-0.1, -0.05) is 20.8 Å². The summed E-state index contributed by atoms with van der Waals surface area (Å²) in [5.41, 5.74) is 7.51. The van der Waals surface area contributed by atoms with Gasteiger partial charge in [-0.25, -0.2) is 4.98 Å². The number of hydrogen-bond acceptors (Lipinski definition) is 4. The molecule has 1 unspecified atom stereocenters. The first-order valence-electron chi connectivity index (χ1n) is 6.63. The molecule has 102 valence electrons. The van der Waals surface area contributed by atoms with E-state index in [4.69, 9.17) is 15.5 Å². The number of thiazole rings is 1. The van der Waals surface area contributed by atoms with Crippen LogP contribution in [0.25, 0.3) is 0 Å². The highest BCUT2D eigenvalue weighted by Crippen LogP contribution is 2.38. The average Bonchev–Trinajstić information content (AvgIpc) is 2.64. The van der Waals surface area contributed by atoms with Crippen molar-refractivity contribution in [2.75, 3.05) is 7.11 Å². The topological polar surface area (TPSA) is 48.1 Å². The number of methoxy groups -OCH3 is 1. The molecule has 18 heavy (non-hydrogen) atoms. The fourth-order valence-electron chi connectivity index (χ4n) is 2.37. The van der Waals surface area contributed by atoms with Crippen LogP contribution in [-0.4, -0.2) is 23.7 Å². The Balaban J connectivity index is 2.03. The first kappa shape index (κ1) is 14.0. The van der Waals surface area contributed by atoms with Crippen LogP contribution in [0, 0.1) is 0 Å². The van der Waals surface area contributed by atoms with Gasteiger partial charge in [0.05, 0.1) is 16.3 Å². The number of aromatic nitrogens is 1. The molecule has 4 heteroatoms. The summed E-state index contributed by atoms with van der Waals surface area (Å²) in [5.74, 6) is 0.